The molecule has 1 aromatic carbocycles. The highest BCUT2D eigenvalue weighted by Gasteiger charge is 2.57. The number of Topliss-reactive ketones (excluding diaryl/α,β-unsaturated/α-hetero) is 1. The summed E-state index contributed by atoms with van der Waals surface area (Å²) in [5.74, 6) is -0.740. The average molecular weight is 210 g/mol. The summed E-state index contributed by atoms with van der Waals surface area (Å²) in [5, 5.41) is 0. The van der Waals surface area contributed by atoms with Gasteiger partial charge in [0, 0.05) is 5.56 Å². The Hall–Kier alpha value is -1.25. The molecule has 0 N–H and O–H groups in total. The number of halogens is 2. The van der Waals surface area contributed by atoms with E-state index in [2.05, 4.69) is 0 Å². The summed E-state index contributed by atoms with van der Waals surface area (Å²) in [7, 11) is 0. The van der Waals surface area contributed by atoms with Gasteiger partial charge in [0.25, 0.3) is 0 Å². The summed E-state index contributed by atoms with van der Waals surface area (Å²) in [6.45, 7) is 3.29. The Morgan fingerprint density at radius 3 is 2.53 bits per heavy atom. The summed E-state index contributed by atoms with van der Waals surface area (Å²) in [6.07, 6.45) is -0.824. The van der Waals surface area contributed by atoms with Gasteiger partial charge in [-0.2, -0.15) is 0 Å². The molecule has 1 nitrogen and oxygen atoms in total. The van der Waals surface area contributed by atoms with Crippen LogP contribution in [0.3, 0.4) is 0 Å². The lowest BCUT2D eigenvalue weighted by Crippen LogP contribution is -2.15. The average Bonchev–Trinajstić information content (AvgIpc) is 2.73. The minimum atomic E-state index is -1.08. The maximum atomic E-state index is 13.0. The minimum Gasteiger partial charge on any atom is -0.293 e. The van der Waals surface area contributed by atoms with Crippen molar-refractivity contribution in [1.29, 1.82) is 0 Å². The standard InChI is InChI=1S/C12H12F2O/c1-7-3-8(5-9(13)4-7)11(15)12(2)6-10(12)14/h3-5,10H,6H2,1-2H3. The van der Waals surface area contributed by atoms with Crippen LogP contribution in [0.1, 0.15) is 29.3 Å². The lowest BCUT2D eigenvalue weighted by atomic mass is 9.95. The second kappa shape index (κ2) is 3.12. The Labute approximate surface area is 87.1 Å². The molecule has 15 heavy (non-hydrogen) atoms. The molecule has 0 saturated heterocycles. The molecule has 0 amide bonds. The molecule has 80 valence electrons. The van der Waals surface area contributed by atoms with Crippen molar-refractivity contribution < 1.29 is 13.6 Å². The maximum Gasteiger partial charge on any atom is 0.171 e. The highest BCUT2D eigenvalue weighted by Crippen LogP contribution is 2.50. The van der Waals surface area contributed by atoms with Gasteiger partial charge in [-0.15, -0.1) is 0 Å². The van der Waals surface area contributed by atoms with Gasteiger partial charge >= 0.3 is 0 Å². The first-order valence-corrected chi connectivity index (χ1v) is 4.89. The van der Waals surface area contributed by atoms with Gasteiger partial charge in [-0.3, -0.25) is 4.79 Å². The number of ketones is 1. The topological polar surface area (TPSA) is 17.1 Å². The van der Waals surface area contributed by atoms with Crippen LogP contribution in [-0.4, -0.2) is 12.0 Å². The fourth-order valence-corrected chi connectivity index (χ4v) is 1.75. The highest BCUT2D eigenvalue weighted by atomic mass is 19.1. The van der Waals surface area contributed by atoms with Crippen LogP contribution in [0.4, 0.5) is 8.78 Å². The fraction of sp³-hybridized carbons (Fsp3) is 0.417. The maximum absolute atomic E-state index is 13.0. The summed E-state index contributed by atoms with van der Waals surface area (Å²) in [6, 6.07) is 4.12. The van der Waals surface area contributed by atoms with Crippen molar-refractivity contribution in [1.82, 2.24) is 0 Å². The molecular weight excluding hydrogens is 198 g/mol. The van der Waals surface area contributed by atoms with Crippen LogP contribution in [0.25, 0.3) is 0 Å². The first-order chi connectivity index (χ1) is 6.93. The van der Waals surface area contributed by atoms with Crippen LogP contribution < -0.4 is 0 Å². The van der Waals surface area contributed by atoms with Crippen LogP contribution in [-0.2, 0) is 0 Å². The zero-order chi connectivity index (χ0) is 11.2. The molecule has 1 aliphatic rings. The van der Waals surface area contributed by atoms with E-state index in [9.17, 15) is 13.6 Å². The van der Waals surface area contributed by atoms with E-state index in [-0.39, 0.29) is 17.8 Å². The lowest BCUT2D eigenvalue weighted by Gasteiger charge is -2.08. The molecule has 3 heteroatoms. The molecule has 2 atom stereocenters. The van der Waals surface area contributed by atoms with Gasteiger partial charge < -0.3 is 0 Å². The van der Waals surface area contributed by atoms with E-state index in [0.717, 1.165) is 0 Å². The van der Waals surface area contributed by atoms with Crippen LogP contribution in [0.5, 0.6) is 0 Å². The lowest BCUT2D eigenvalue weighted by molar-refractivity contribution is 0.0893. The molecule has 0 heterocycles. The molecule has 1 aromatic rings. The second-order valence-electron chi connectivity index (χ2n) is 4.44. The van der Waals surface area contributed by atoms with Gasteiger partial charge in [0.15, 0.2) is 5.78 Å². The van der Waals surface area contributed by atoms with Crippen molar-refractivity contribution in [3.05, 3.63) is 35.1 Å². The van der Waals surface area contributed by atoms with E-state index in [1.165, 1.54) is 12.1 Å². The number of aryl methyl sites for hydroxylation is 1. The van der Waals surface area contributed by atoms with Crippen molar-refractivity contribution in [3.8, 4) is 0 Å². The van der Waals surface area contributed by atoms with Crippen molar-refractivity contribution in [2.45, 2.75) is 26.4 Å². The molecule has 0 aliphatic heterocycles. The first-order valence-electron chi connectivity index (χ1n) is 4.89. The Morgan fingerprint density at radius 2 is 2.07 bits per heavy atom. The summed E-state index contributed by atoms with van der Waals surface area (Å²) >= 11 is 0. The predicted molar refractivity (Wildman–Crippen MR) is 53.1 cm³/mol. The van der Waals surface area contributed by atoms with E-state index in [4.69, 9.17) is 0 Å². The molecule has 1 fully saturated rings. The molecule has 0 bridgehead atoms. The summed E-state index contributed by atoms with van der Waals surface area (Å²) in [5.41, 5.74) is 0.0356. The van der Waals surface area contributed by atoms with E-state index >= 15 is 0 Å². The van der Waals surface area contributed by atoms with Crippen molar-refractivity contribution in [2.75, 3.05) is 0 Å². The number of carbonyl (C=O) groups excluding carboxylic acids is 1. The quantitative estimate of drug-likeness (QED) is 0.685. The third kappa shape index (κ3) is 1.66. The molecule has 2 rings (SSSR count). The van der Waals surface area contributed by atoms with Crippen LogP contribution in [0.15, 0.2) is 18.2 Å². The molecule has 0 aromatic heterocycles. The van der Waals surface area contributed by atoms with Crippen LogP contribution in [0.2, 0.25) is 0 Å². The van der Waals surface area contributed by atoms with Gasteiger partial charge in [0.2, 0.25) is 0 Å². The van der Waals surface area contributed by atoms with Crippen molar-refractivity contribution >= 4 is 5.78 Å². The zero-order valence-electron chi connectivity index (χ0n) is 8.68. The van der Waals surface area contributed by atoms with E-state index in [0.29, 0.717) is 5.56 Å². The van der Waals surface area contributed by atoms with Gasteiger partial charge in [0.1, 0.15) is 12.0 Å². The Kier molecular flexibility index (Phi) is 2.14. The van der Waals surface area contributed by atoms with Gasteiger partial charge in [-0.1, -0.05) is 0 Å². The number of carbonyl (C=O) groups is 1. The van der Waals surface area contributed by atoms with Crippen molar-refractivity contribution in [3.63, 3.8) is 0 Å². The molecule has 2 unspecified atom stereocenters. The molecule has 1 aliphatic carbocycles. The van der Waals surface area contributed by atoms with E-state index < -0.39 is 17.4 Å². The molecule has 0 radical (unpaired) electrons. The number of hydrogen-bond donors (Lipinski definition) is 0. The number of benzene rings is 1. The molecular formula is C12H12F2O. The highest BCUT2D eigenvalue weighted by molar-refractivity contribution is 6.02. The number of hydrogen-bond acceptors (Lipinski definition) is 1. The Morgan fingerprint density at radius 1 is 1.47 bits per heavy atom. The predicted octanol–water partition coefficient (Wildman–Crippen LogP) is 3.06. The van der Waals surface area contributed by atoms with Crippen molar-refractivity contribution in [2.24, 2.45) is 5.41 Å². The second-order valence-corrected chi connectivity index (χ2v) is 4.44. The Bertz CT molecular complexity index is 407. The third-order valence-corrected chi connectivity index (χ3v) is 2.96. The SMILES string of the molecule is Cc1cc(F)cc(C(=O)C2(C)CC2F)c1. The van der Waals surface area contributed by atoms with E-state index in [1.54, 1.807) is 19.9 Å². The van der Waals surface area contributed by atoms with E-state index in [1.807, 2.05) is 0 Å². The smallest absolute Gasteiger partial charge is 0.171 e. The number of rotatable bonds is 2. The normalized spacial score (nSPS) is 28.9. The largest absolute Gasteiger partial charge is 0.293 e. The summed E-state index contributed by atoms with van der Waals surface area (Å²) < 4.78 is 26.0. The molecule has 0 spiro atoms. The first kappa shape index (κ1) is 10.3. The van der Waals surface area contributed by atoms with Gasteiger partial charge in [-0.05, 0) is 44.0 Å². The summed E-state index contributed by atoms with van der Waals surface area (Å²) in [4.78, 5) is 11.8. The monoisotopic (exact) mass is 210 g/mol. The zero-order valence-corrected chi connectivity index (χ0v) is 8.68. The fourth-order valence-electron chi connectivity index (χ4n) is 1.75. The minimum absolute atomic E-state index is 0.251. The van der Waals surface area contributed by atoms with Gasteiger partial charge in [-0.25, -0.2) is 8.78 Å². The van der Waals surface area contributed by atoms with Crippen LogP contribution >= 0.6 is 0 Å². The molecule has 1 saturated carbocycles. The van der Waals surface area contributed by atoms with Gasteiger partial charge in [0.05, 0.1) is 5.41 Å². The Balaban J connectivity index is 2.34. The number of alkyl halides is 1. The third-order valence-electron chi connectivity index (χ3n) is 2.96. The van der Waals surface area contributed by atoms with Crippen LogP contribution in [0, 0.1) is 18.2 Å².